The van der Waals surface area contributed by atoms with Gasteiger partial charge < -0.3 is 4.90 Å². The van der Waals surface area contributed by atoms with E-state index in [9.17, 15) is 23.3 Å². The molecule has 1 heterocycles. The molecule has 1 amide bonds. The van der Waals surface area contributed by atoms with Gasteiger partial charge in [0, 0.05) is 32.2 Å². The maximum Gasteiger partial charge on any atom is 0.289 e. The number of aryl methyl sites for hydroxylation is 1. The lowest BCUT2D eigenvalue weighted by Gasteiger charge is -2.37. The van der Waals surface area contributed by atoms with Crippen LogP contribution in [-0.2, 0) is 21.2 Å². The van der Waals surface area contributed by atoms with Gasteiger partial charge in [0.2, 0.25) is 15.9 Å². The minimum atomic E-state index is -4.01. The second kappa shape index (κ2) is 8.16. The van der Waals surface area contributed by atoms with E-state index in [1.165, 1.54) is 34.1 Å². The number of carbonyl (C=O) groups is 1. The standard InChI is InChI=1S/C21H23N3O5S/c25-21(18-9-5-7-16-6-1-2-8-17(16)18)22-12-14-23(15-13-22)30(28,29)20-11-4-3-10-19(20)24(26)27/h1-4,6,8,10-11,18H,5,7,9,12-15H2/t18-/m1/s1. The van der Waals surface area contributed by atoms with E-state index in [4.69, 9.17) is 0 Å². The quantitative estimate of drug-likeness (QED) is 0.549. The third-order valence-electron chi connectivity index (χ3n) is 5.90. The Kier molecular flexibility index (Phi) is 5.57. The van der Waals surface area contributed by atoms with Crippen LogP contribution in [-0.4, -0.2) is 54.6 Å². The first-order chi connectivity index (χ1) is 14.4. The van der Waals surface area contributed by atoms with Crippen LogP contribution in [0.4, 0.5) is 5.69 Å². The summed E-state index contributed by atoms with van der Waals surface area (Å²) in [7, 11) is -4.01. The maximum absolute atomic E-state index is 13.2. The number of hydrogen-bond donors (Lipinski definition) is 0. The zero-order chi connectivity index (χ0) is 21.3. The van der Waals surface area contributed by atoms with Crippen LogP contribution in [0.1, 0.15) is 29.9 Å². The summed E-state index contributed by atoms with van der Waals surface area (Å²) in [6, 6.07) is 13.4. The van der Waals surface area contributed by atoms with E-state index >= 15 is 0 Å². The highest BCUT2D eigenvalue weighted by atomic mass is 32.2. The number of piperazine rings is 1. The van der Waals surface area contributed by atoms with E-state index in [1.54, 1.807) is 4.90 Å². The van der Waals surface area contributed by atoms with Gasteiger partial charge in [-0.05, 0) is 36.5 Å². The van der Waals surface area contributed by atoms with E-state index < -0.39 is 20.6 Å². The number of carbonyl (C=O) groups excluding carboxylic acids is 1. The SMILES string of the molecule is O=C([C@@H]1CCCc2ccccc21)N1CCN(S(=O)(=O)c2ccccc2[N+](=O)[O-])CC1. The number of nitrogens with zero attached hydrogens (tertiary/aromatic N) is 3. The first kappa shape index (κ1) is 20.5. The molecule has 9 heteroatoms. The number of amides is 1. The van der Waals surface area contributed by atoms with Gasteiger partial charge in [-0.25, -0.2) is 8.42 Å². The van der Waals surface area contributed by atoms with E-state index in [0.717, 1.165) is 24.8 Å². The molecule has 0 saturated carbocycles. The van der Waals surface area contributed by atoms with Crippen molar-refractivity contribution in [1.29, 1.82) is 0 Å². The Morgan fingerprint density at radius 1 is 1.00 bits per heavy atom. The van der Waals surface area contributed by atoms with Gasteiger partial charge in [-0.2, -0.15) is 4.31 Å². The summed E-state index contributed by atoms with van der Waals surface area (Å²) in [5, 5.41) is 11.2. The zero-order valence-electron chi connectivity index (χ0n) is 16.4. The molecule has 1 fully saturated rings. The third-order valence-corrected chi connectivity index (χ3v) is 7.84. The van der Waals surface area contributed by atoms with Crippen molar-refractivity contribution in [3.8, 4) is 0 Å². The van der Waals surface area contributed by atoms with Crippen molar-refractivity contribution >= 4 is 21.6 Å². The number of benzene rings is 2. The van der Waals surface area contributed by atoms with Crippen molar-refractivity contribution in [1.82, 2.24) is 9.21 Å². The number of nitro benzene ring substituents is 1. The van der Waals surface area contributed by atoms with Crippen LogP contribution in [0.3, 0.4) is 0 Å². The van der Waals surface area contributed by atoms with E-state index in [0.29, 0.717) is 0 Å². The highest BCUT2D eigenvalue weighted by molar-refractivity contribution is 7.89. The molecule has 30 heavy (non-hydrogen) atoms. The molecule has 1 atom stereocenters. The van der Waals surface area contributed by atoms with Crippen molar-refractivity contribution < 1.29 is 18.1 Å². The molecule has 0 unspecified atom stereocenters. The zero-order valence-corrected chi connectivity index (χ0v) is 17.3. The predicted octanol–water partition coefficient (Wildman–Crippen LogP) is 2.55. The highest BCUT2D eigenvalue weighted by Gasteiger charge is 2.36. The van der Waals surface area contributed by atoms with Crippen LogP contribution >= 0.6 is 0 Å². The second-order valence-corrected chi connectivity index (χ2v) is 9.50. The Hall–Kier alpha value is -2.78. The van der Waals surface area contributed by atoms with Gasteiger partial charge in [0.25, 0.3) is 5.69 Å². The molecule has 1 aliphatic heterocycles. The van der Waals surface area contributed by atoms with Gasteiger partial charge in [-0.3, -0.25) is 14.9 Å². The van der Waals surface area contributed by atoms with Crippen molar-refractivity contribution in [3.63, 3.8) is 0 Å². The molecule has 4 rings (SSSR count). The Labute approximate surface area is 175 Å². The summed E-state index contributed by atoms with van der Waals surface area (Å²) >= 11 is 0. The maximum atomic E-state index is 13.2. The second-order valence-electron chi connectivity index (χ2n) is 7.60. The molecule has 158 valence electrons. The smallest absolute Gasteiger partial charge is 0.289 e. The van der Waals surface area contributed by atoms with Gasteiger partial charge in [0.05, 0.1) is 10.8 Å². The summed E-state index contributed by atoms with van der Waals surface area (Å²) in [5.74, 6) is -0.154. The molecular formula is C21H23N3O5S. The monoisotopic (exact) mass is 429 g/mol. The molecule has 1 aliphatic carbocycles. The Balaban J connectivity index is 1.48. The molecule has 8 nitrogen and oxygen atoms in total. The number of rotatable bonds is 4. The average molecular weight is 429 g/mol. The lowest BCUT2D eigenvalue weighted by atomic mass is 9.82. The van der Waals surface area contributed by atoms with Crippen LogP contribution in [0, 0.1) is 10.1 Å². The molecule has 0 aromatic heterocycles. The first-order valence-corrected chi connectivity index (χ1v) is 11.4. The third kappa shape index (κ3) is 3.70. The Morgan fingerprint density at radius 2 is 1.67 bits per heavy atom. The number of hydrogen-bond acceptors (Lipinski definition) is 5. The van der Waals surface area contributed by atoms with Crippen LogP contribution in [0.5, 0.6) is 0 Å². The number of nitro groups is 1. The lowest BCUT2D eigenvalue weighted by molar-refractivity contribution is -0.387. The molecule has 0 spiro atoms. The fraction of sp³-hybridized carbons (Fsp3) is 0.381. The minimum absolute atomic E-state index is 0.0323. The van der Waals surface area contributed by atoms with Crippen LogP contribution < -0.4 is 0 Å². The summed E-state index contributed by atoms with van der Waals surface area (Å²) in [6.07, 6.45) is 2.73. The minimum Gasteiger partial charge on any atom is -0.340 e. The molecule has 2 aliphatic rings. The molecule has 0 bridgehead atoms. The molecular weight excluding hydrogens is 406 g/mol. The van der Waals surface area contributed by atoms with E-state index in [-0.39, 0.29) is 42.9 Å². The van der Waals surface area contributed by atoms with E-state index in [1.807, 2.05) is 18.2 Å². The van der Waals surface area contributed by atoms with Crippen LogP contribution in [0.15, 0.2) is 53.4 Å². The largest absolute Gasteiger partial charge is 0.340 e. The summed E-state index contributed by atoms with van der Waals surface area (Å²) in [5.41, 5.74) is 1.85. The topological polar surface area (TPSA) is 101 Å². The van der Waals surface area contributed by atoms with Gasteiger partial charge in [-0.15, -0.1) is 0 Å². The Bertz CT molecular complexity index is 1080. The summed E-state index contributed by atoms with van der Waals surface area (Å²) < 4.78 is 27.2. The van der Waals surface area contributed by atoms with Crippen molar-refractivity contribution in [3.05, 3.63) is 69.8 Å². The number of fused-ring (bicyclic) bond motifs is 1. The molecule has 2 aromatic carbocycles. The number of sulfonamides is 1. The number of para-hydroxylation sites is 1. The van der Waals surface area contributed by atoms with Crippen molar-refractivity contribution in [2.45, 2.75) is 30.1 Å². The molecule has 0 radical (unpaired) electrons. The lowest BCUT2D eigenvalue weighted by Crippen LogP contribution is -2.51. The van der Waals surface area contributed by atoms with Crippen molar-refractivity contribution in [2.75, 3.05) is 26.2 Å². The van der Waals surface area contributed by atoms with Crippen molar-refractivity contribution in [2.24, 2.45) is 0 Å². The van der Waals surface area contributed by atoms with E-state index in [2.05, 4.69) is 6.07 Å². The van der Waals surface area contributed by atoms with Crippen LogP contribution in [0.2, 0.25) is 0 Å². The summed E-state index contributed by atoms with van der Waals surface area (Å²) in [4.78, 5) is 25.1. The van der Waals surface area contributed by atoms with Crippen LogP contribution in [0.25, 0.3) is 0 Å². The molecule has 2 aromatic rings. The predicted molar refractivity (Wildman–Crippen MR) is 111 cm³/mol. The van der Waals surface area contributed by atoms with Gasteiger partial charge in [0.15, 0.2) is 4.90 Å². The molecule has 1 saturated heterocycles. The first-order valence-electron chi connectivity index (χ1n) is 10.00. The fourth-order valence-corrected chi connectivity index (χ4v) is 5.92. The average Bonchev–Trinajstić information content (AvgIpc) is 2.78. The normalized spacial score (nSPS) is 19.9. The van der Waals surface area contributed by atoms with Gasteiger partial charge >= 0.3 is 0 Å². The fourth-order valence-electron chi connectivity index (χ4n) is 4.34. The molecule has 0 N–H and O–H groups in total. The summed E-state index contributed by atoms with van der Waals surface area (Å²) in [6.45, 7) is 0.789. The Morgan fingerprint density at radius 3 is 2.40 bits per heavy atom. The van der Waals surface area contributed by atoms with Gasteiger partial charge in [0.1, 0.15) is 0 Å². The van der Waals surface area contributed by atoms with Gasteiger partial charge in [-0.1, -0.05) is 36.4 Å². The highest BCUT2D eigenvalue weighted by Crippen LogP contribution is 2.33.